The van der Waals surface area contributed by atoms with Crippen molar-refractivity contribution in [1.82, 2.24) is 10.3 Å². The fourth-order valence-corrected chi connectivity index (χ4v) is 2.23. The smallest absolute Gasteiger partial charge is 0.408 e. The third-order valence-corrected chi connectivity index (χ3v) is 3.45. The summed E-state index contributed by atoms with van der Waals surface area (Å²) in [5.74, 6) is -1.41. The molecule has 1 atom stereocenters. The Bertz CT molecular complexity index is 803. The Morgan fingerprint density at radius 1 is 1.10 bits per heavy atom. The number of esters is 1. The number of carboxylic acid groups (broad SMARTS) is 1. The molecule has 0 unspecified atom stereocenters. The zero-order valence-electron chi connectivity index (χ0n) is 17.6. The molecule has 8 heteroatoms. The number of aromatic nitrogens is 1. The fraction of sp³-hybridized carbons (Fsp3) is 0.364. The first-order valence-electron chi connectivity index (χ1n) is 9.45. The standard InChI is InChI=1S/C16H23NO4.C6H5NO2/c1-5-20-14(18)13(11-12-9-7-6-8-10-12)17-15(19)21-16(2,3)4;8-6(9)5-2-1-3-7-4-5/h6-10,13H,5,11H2,1-4H3,(H,17,19);1-4H,(H,8,9)/t13-;/m0./s1. The SMILES string of the molecule is CCOC(=O)[C@H](Cc1ccccc1)NC(=O)OC(C)(C)C.O=C(O)c1cccnc1. The van der Waals surface area contributed by atoms with Gasteiger partial charge in [0.05, 0.1) is 12.2 Å². The second kappa shape index (κ2) is 12.2. The van der Waals surface area contributed by atoms with Gasteiger partial charge in [-0.05, 0) is 45.4 Å². The monoisotopic (exact) mass is 416 g/mol. The van der Waals surface area contributed by atoms with Gasteiger partial charge in [-0.3, -0.25) is 4.98 Å². The van der Waals surface area contributed by atoms with Crippen LogP contribution in [0.3, 0.4) is 0 Å². The minimum Gasteiger partial charge on any atom is -0.478 e. The molecule has 0 radical (unpaired) electrons. The van der Waals surface area contributed by atoms with Crippen molar-refractivity contribution in [2.45, 2.75) is 45.8 Å². The number of rotatable bonds is 6. The molecule has 0 saturated heterocycles. The lowest BCUT2D eigenvalue weighted by atomic mass is 10.1. The number of hydrogen-bond donors (Lipinski definition) is 2. The van der Waals surface area contributed by atoms with Crippen molar-refractivity contribution < 1.29 is 29.0 Å². The summed E-state index contributed by atoms with van der Waals surface area (Å²) in [6.07, 6.45) is 2.57. The molecule has 2 rings (SSSR count). The van der Waals surface area contributed by atoms with Crippen LogP contribution in [0, 0.1) is 0 Å². The van der Waals surface area contributed by atoms with Crippen LogP contribution < -0.4 is 5.32 Å². The number of ether oxygens (including phenoxy) is 2. The topological polar surface area (TPSA) is 115 Å². The molecule has 0 spiro atoms. The lowest BCUT2D eigenvalue weighted by Crippen LogP contribution is -2.45. The van der Waals surface area contributed by atoms with Gasteiger partial charge < -0.3 is 19.9 Å². The number of amides is 1. The highest BCUT2D eigenvalue weighted by Crippen LogP contribution is 2.09. The lowest BCUT2D eigenvalue weighted by molar-refractivity contribution is -0.145. The highest BCUT2D eigenvalue weighted by molar-refractivity contribution is 5.87. The summed E-state index contributed by atoms with van der Waals surface area (Å²) in [5, 5.41) is 10.9. The van der Waals surface area contributed by atoms with Gasteiger partial charge in [-0.25, -0.2) is 14.4 Å². The van der Waals surface area contributed by atoms with Gasteiger partial charge in [-0.15, -0.1) is 0 Å². The van der Waals surface area contributed by atoms with Crippen molar-refractivity contribution in [1.29, 1.82) is 0 Å². The number of benzene rings is 1. The molecule has 0 aliphatic heterocycles. The average Bonchev–Trinajstić information content (AvgIpc) is 2.68. The van der Waals surface area contributed by atoms with Crippen LogP contribution in [0.25, 0.3) is 0 Å². The zero-order chi connectivity index (χ0) is 22.6. The number of carbonyl (C=O) groups excluding carboxylic acids is 2. The third-order valence-electron chi connectivity index (χ3n) is 3.45. The van der Waals surface area contributed by atoms with Crippen LogP contribution in [-0.2, 0) is 20.7 Å². The molecule has 0 saturated carbocycles. The Labute approximate surface area is 176 Å². The van der Waals surface area contributed by atoms with Crippen LogP contribution in [-0.4, -0.2) is 46.4 Å². The minimum atomic E-state index is -0.942. The van der Waals surface area contributed by atoms with Gasteiger partial charge in [0.1, 0.15) is 11.6 Å². The minimum absolute atomic E-state index is 0.220. The average molecular weight is 416 g/mol. The van der Waals surface area contributed by atoms with E-state index in [0.717, 1.165) is 5.56 Å². The number of hydrogen-bond acceptors (Lipinski definition) is 6. The summed E-state index contributed by atoms with van der Waals surface area (Å²) < 4.78 is 10.2. The molecule has 2 N–H and O–H groups in total. The first-order chi connectivity index (χ1) is 14.1. The van der Waals surface area contributed by atoms with Crippen molar-refractivity contribution in [3.05, 3.63) is 66.0 Å². The van der Waals surface area contributed by atoms with Crippen LogP contribution in [0.15, 0.2) is 54.9 Å². The molecule has 162 valence electrons. The van der Waals surface area contributed by atoms with Crippen molar-refractivity contribution in [2.75, 3.05) is 6.61 Å². The van der Waals surface area contributed by atoms with E-state index in [1.54, 1.807) is 33.8 Å². The number of alkyl carbamates (subject to hydrolysis) is 1. The third kappa shape index (κ3) is 10.2. The van der Waals surface area contributed by atoms with Crippen LogP contribution in [0.4, 0.5) is 4.79 Å². The molecular weight excluding hydrogens is 388 g/mol. The summed E-state index contributed by atoms with van der Waals surface area (Å²) in [5.41, 5.74) is 0.542. The molecule has 0 aliphatic carbocycles. The predicted molar refractivity (Wildman–Crippen MR) is 111 cm³/mol. The summed E-state index contributed by atoms with van der Waals surface area (Å²) in [7, 11) is 0. The molecule has 8 nitrogen and oxygen atoms in total. The molecular formula is C22H28N2O6. The first kappa shape index (κ1) is 24.6. The van der Waals surface area contributed by atoms with E-state index in [1.807, 2.05) is 30.3 Å². The molecule has 1 aromatic carbocycles. The Morgan fingerprint density at radius 3 is 2.23 bits per heavy atom. The van der Waals surface area contributed by atoms with Crippen molar-refractivity contribution in [2.24, 2.45) is 0 Å². The molecule has 1 amide bonds. The van der Waals surface area contributed by atoms with Crippen molar-refractivity contribution >= 4 is 18.0 Å². The number of nitrogens with zero attached hydrogens (tertiary/aromatic N) is 1. The number of aromatic carboxylic acids is 1. The normalized spacial score (nSPS) is 11.3. The maximum Gasteiger partial charge on any atom is 0.408 e. The van der Waals surface area contributed by atoms with Crippen LogP contribution in [0.2, 0.25) is 0 Å². The molecule has 0 fully saturated rings. The molecule has 2 aromatic rings. The van der Waals surface area contributed by atoms with E-state index < -0.39 is 29.7 Å². The zero-order valence-corrected chi connectivity index (χ0v) is 17.6. The van der Waals surface area contributed by atoms with E-state index in [0.29, 0.717) is 6.42 Å². The Morgan fingerprint density at radius 2 is 1.77 bits per heavy atom. The van der Waals surface area contributed by atoms with E-state index in [-0.39, 0.29) is 12.2 Å². The Hall–Kier alpha value is -3.42. The van der Waals surface area contributed by atoms with E-state index in [9.17, 15) is 14.4 Å². The summed E-state index contributed by atoms with van der Waals surface area (Å²) >= 11 is 0. The maximum atomic E-state index is 12.0. The quantitative estimate of drug-likeness (QED) is 0.693. The molecule has 0 bridgehead atoms. The predicted octanol–water partition coefficient (Wildman–Crippen LogP) is 3.47. The number of carbonyl (C=O) groups is 3. The Kier molecular flexibility index (Phi) is 10.0. The summed E-state index contributed by atoms with van der Waals surface area (Å²) in [4.78, 5) is 37.6. The van der Waals surface area contributed by atoms with Crippen LogP contribution in [0.1, 0.15) is 43.6 Å². The van der Waals surface area contributed by atoms with Gasteiger partial charge in [0.25, 0.3) is 0 Å². The van der Waals surface area contributed by atoms with Gasteiger partial charge in [0, 0.05) is 18.8 Å². The van der Waals surface area contributed by atoms with Gasteiger partial charge in [-0.1, -0.05) is 30.3 Å². The summed E-state index contributed by atoms with van der Waals surface area (Å²) in [6, 6.07) is 11.8. The highest BCUT2D eigenvalue weighted by atomic mass is 16.6. The van der Waals surface area contributed by atoms with E-state index in [2.05, 4.69) is 10.3 Å². The largest absolute Gasteiger partial charge is 0.478 e. The van der Waals surface area contributed by atoms with Crippen molar-refractivity contribution in [3.63, 3.8) is 0 Å². The number of carboxylic acids is 1. The van der Waals surface area contributed by atoms with Crippen LogP contribution in [0.5, 0.6) is 0 Å². The maximum absolute atomic E-state index is 12.0. The molecule has 1 aromatic heterocycles. The Balaban J connectivity index is 0.000000414. The molecule has 30 heavy (non-hydrogen) atoms. The van der Waals surface area contributed by atoms with Crippen LogP contribution >= 0.6 is 0 Å². The van der Waals surface area contributed by atoms with E-state index >= 15 is 0 Å². The highest BCUT2D eigenvalue weighted by Gasteiger charge is 2.25. The number of pyridine rings is 1. The number of nitrogens with one attached hydrogen (secondary N) is 1. The lowest BCUT2D eigenvalue weighted by Gasteiger charge is -2.23. The van der Waals surface area contributed by atoms with Gasteiger partial charge >= 0.3 is 18.0 Å². The summed E-state index contributed by atoms with van der Waals surface area (Å²) in [6.45, 7) is 7.29. The fourth-order valence-electron chi connectivity index (χ4n) is 2.23. The van der Waals surface area contributed by atoms with E-state index in [1.165, 1.54) is 18.5 Å². The van der Waals surface area contributed by atoms with Gasteiger partial charge in [0.15, 0.2) is 0 Å². The van der Waals surface area contributed by atoms with E-state index in [4.69, 9.17) is 14.6 Å². The van der Waals surface area contributed by atoms with Crippen molar-refractivity contribution in [3.8, 4) is 0 Å². The van der Waals surface area contributed by atoms with Gasteiger partial charge in [-0.2, -0.15) is 0 Å². The first-order valence-corrected chi connectivity index (χ1v) is 9.45. The van der Waals surface area contributed by atoms with Gasteiger partial charge in [0.2, 0.25) is 0 Å². The molecule has 1 heterocycles. The second-order valence-electron chi connectivity index (χ2n) is 7.19. The second-order valence-corrected chi connectivity index (χ2v) is 7.19. The molecule has 0 aliphatic rings.